The highest BCUT2D eigenvalue weighted by Crippen LogP contribution is 1.98. The minimum Gasteiger partial charge on any atom is -0.480 e. The molecule has 0 saturated carbocycles. The molecule has 0 aliphatic carbocycles. The molecule has 122 valence electrons. The fraction of sp³-hybridized carbons (Fsp3) is 0.750. The Kier molecular flexibility index (Phi) is 10.1. The van der Waals surface area contributed by atoms with Gasteiger partial charge in [-0.25, -0.2) is 0 Å². The molecule has 0 aromatic heterocycles. The van der Waals surface area contributed by atoms with E-state index < -0.39 is 17.9 Å². The van der Waals surface area contributed by atoms with Gasteiger partial charge in [0.05, 0.1) is 19.6 Å². The van der Waals surface area contributed by atoms with Crippen LogP contribution in [0.1, 0.15) is 12.8 Å². The zero-order chi connectivity index (χ0) is 16.3. The zero-order valence-electron chi connectivity index (χ0n) is 11.9. The van der Waals surface area contributed by atoms with E-state index in [1.165, 1.54) is 4.90 Å². The van der Waals surface area contributed by atoms with Gasteiger partial charge in [-0.2, -0.15) is 0 Å². The molecular weight excluding hydrogens is 282 g/mol. The largest absolute Gasteiger partial charge is 0.480 e. The van der Waals surface area contributed by atoms with Crippen molar-refractivity contribution in [2.75, 3.05) is 45.8 Å². The van der Waals surface area contributed by atoms with E-state index in [0.717, 1.165) is 0 Å². The van der Waals surface area contributed by atoms with Crippen molar-refractivity contribution < 1.29 is 29.7 Å². The Morgan fingerprint density at radius 2 is 1.10 bits per heavy atom. The summed E-state index contributed by atoms with van der Waals surface area (Å²) < 4.78 is 0. The van der Waals surface area contributed by atoms with Crippen molar-refractivity contribution in [2.24, 2.45) is 5.73 Å². The average molecular weight is 305 g/mol. The van der Waals surface area contributed by atoms with Crippen LogP contribution in [0, 0.1) is 0 Å². The summed E-state index contributed by atoms with van der Waals surface area (Å²) in [7, 11) is 0. The molecule has 0 aromatic carbocycles. The van der Waals surface area contributed by atoms with Crippen LogP contribution in [0.2, 0.25) is 0 Å². The Morgan fingerprint density at radius 1 is 0.714 bits per heavy atom. The molecule has 0 fully saturated rings. The number of hydrogen-bond donors (Lipinski definition) is 4. The molecule has 0 bridgehead atoms. The number of carboxylic acid groups (broad SMARTS) is 3. The van der Waals surface area contributed by atoms with Crippen LogP contribution >= 0.6 is 0 Å². The monoisotopic (exact) mass is 305 g/mol. The van der Waals surface area contributed by atoms with Crippen molar-refractivity contribution in [2.45, 2.75) is 12.8 Å². The van der Waals surface area contributed by atoms with Gasteiger partial charge >= 0.3 is 17.9 Å². The smallest absolute Gasteiger partial charge is 0.317 e. The second-order valence-electron chi connectivity index (χ2n) is 4.66. The van der Waals surface area contributed by atoms with Crippen LogP contribution in [0.5, 0.6) is 0 Å². The van der Waals surface area contributed by atoms with Crippen LogP contribution in [-0.4, -0.2) is 88.8 Å². The first-order valence-corrected chi connectivity index (χ1v) is 6.65. The van der Waals surface area contributed by atoms with Gasteiger partial charge in [-0.3, -0.25) is 24.2 Å². The van der Waals surface area contributed by atoms with Gasteiger partial charge in [0.25, 0.3) is 0 Å². The molecule has 21 heavy (non-hydrogen) atoms. The summed E-state index contributed by atoms with van der Waals surface area (Å²) in [6, 6.07) is 0. The molecule has 9 heteroatoms. The van der Waals surface area contributed by atoms with Crippen molar-refractivity contribution >= 4 is 17.9 Å². The number of rotatable bonds is 13. The normalized spacial score (nSPS) is 11.0. The van der Waals surface area contributed by atoms with E-state index in [2.05, 4.69) is 0 Å². The van der Waals surface area contributed by atoms with Crippen LogP contribution < -0.4 is 5.73 Å². The van der Waals surface area contributed by atoms with Crippen molar-refractivity contribution in [3.8, 4) is 0 Å². The molecule has 0 saturated heterocycles. The lowest BCUT2D eigenvalue weighted by Crippen LogP contribution is -2.38. The maximum absolute atomic E-state index is 10.7. The average Bonchev–Trinajstić information content (AvgIpc) is 2.33. The molecule has 0 rings (SSSR count). The van der Waals surface area contributed by atoms with Gasteiger partial charge in [-0.1, -0.05) is 0 Å². The lowest BCUT2D eigenvalue weighted by molar-refractivity contribution is -0.142. The number of nitrogens with zero attached hydrogens (tertiary/aromatic N) is 2. The van der Waals surface area contributed by atoms with E-state index in [9.17, 15) is 14.4 Å². The van der Waals surface area contributed by atoms with Crippen LogP contribution in [0.25, 0.3) is 0 Å². The quantitative estimate of drug-likeness (QED) is 0.322. The number of hydrogen-bond acceptors (Lipinski definition) is 6. The van der Waals surface area contributed by atoms with E-state index in [-0.39, 0.29) is 26.2 Å². The Labute approximate surface area is 122 Å². The molecule has 9 nitrogen and oxygen atoms in total. The van der Waals surface area contributed by atoms with Gasteiger partial charge in [-0.05, 0) is 32.5 Å². The highest BCUT2D eigenvalue weighted by atomic mass is 16.4. The number of carboxylic acids is 3. The maximum Gasteiger partial charge on any atom is 0.317 e. The van der Waals surface area contributed by atoms with Crippen molar-refractivity contribution in [3.63, 3.8) is 0 Å². The van der Waals surface area contributed by atoms with Gasteiger partial charge in [0, 0.05) is 6.54 Å². The summed E-state index contributed by atoms with van der Waals surface area (Å²) in [4.78, 5) is 35.0. The standard InChI is InChI=1S/C12H23N3O6/c13-3-1-4-14(7-10(16)17)5-2-6-15(8-11(18)19)9-12(20)21/h1-9,13H2,(H,16,17)(H,18,19)(H,20,21). The summed E-state index contributed by atoms with van der Waals surface area (Å²) in [6.45, 7) is 0.903. The molecule has 0 radical (unpaired) electrons. The first-order chi connectivity index (χ1) is 9.85. The van der Waals surface area contributed by atoms with Crippen molar-refractivity contribution in [1.82, 2.24) is 9.80 Å². The Morgan fingerprint density at radius 3 is 1.52 bits per heavy atom. The molecule has 0 unspecified atom stereocenters. The van der Waals surface area contributed by atoms with Crippen LogP contribution in [0.4, 0.5) is 0 Å². The first kappa shape index (κ1) is 19.3. The van der Waals surface area contributed by atoms with Crippen LogP contribution in [-0.2, 0) is 14.4 Å². The van der Waals surface area contributed by atoms with Gasteiger partial charge < -0.3 is 21.1 Å². The molecule has 0 amide bonds. The van der Waals surface area contributed by atoms with E-state index >= 15 is 0 Å². The maximum atomic E-state index is 10.7. The first-order valence-electron chi connectivity index (χ1n) is 6.65. The summed E-state index contributed by atoms with van der Waals surface area (Å²) >= 11 is 0. The minimum atomic E-state index is -1.10. The number of nitrogens with two attached hydrogens (primary N) is 1. The van der Waals surface area contributed by atoms with Crippen LogP contribution in [0.15, 0.2) is 0 Å². The van der Waals surface area contributed by atoms with Gasteiger partial charge in [-0.15, -0.1) is 0 Å². The van der Waals surface area contributed by atoms with E-state index in [1.807, 2.05) is 0 Å². The molecule has 5 N–H and O–H groups in total. The molecule has 0 atom stereocenters. The molecule has 0 heterocycles. The zero-order valence-corrected chi connectivity index (χ0v) is 11.9. The molecule has 0 aliphatic rings. The third-order valence-corrected chi connectivity index (χ3v) is 2.70. The van der Waals surface area contributed by atoms with Crippen molar-refractivity contribution in [3.05, 3.63) is 0 Å². The molecule has 0 aromatic rings. The van der Waals surface area contributed by atoms with Gasteiger partial charge in [0.2, 0.25) is 0 Å². The van der Waals surface area contributed by atoms with Crippen molar-refractivity contribution in [1.29, 1.82) is 0 Å². The lowest BCUT2D eigenvalue weighted by atomic mass is 10.3. The van der Waals surface area contributed by atoms with Gasteiger partial charge in [0.15, 0.2) is 0 Å². The van der Waals surface area contributed by atoms with E-state index in [1.54, 1.807) is 4.90 Å². The molecule has 0 spiro atoms. The van der Waals surface area contributed by atoms with E-state index in [4.69, 9.17) is 21.1 Å². The second kappa shape index (κ2) is 11.0. The SMILES string of the molecule is NCCCN(CCCN(CC(=O)O)CC(=O)O)CC(=O)O. The fourth-order valence-electron chi connectivity index (χ4n) is 1.89. The predicted octanol–water partition coefficient (Wildman–Crippen LogP) is -1.42. The van der Waals surface area contributed by atoms with E-state index in [0.29, 0.717) is 32.5 Å². The lowest BCUT2D eigenvalue weighted by Gasteiger charge is -2.22. The second-order valence-corrected chi connectivity index (χ2v) is 4.66. The number of aliphatic carboxylic acids is 3. The summed E-state index contributed by atoms with van der Waals surface area (Å²) in [5, 5.41) is 26.2. The third-order valence-electron chi connectivity index (χ3n) is 2.70. The highest BCUT2D eigenvalue weighted by molar-refractivity contribution is 5.72. The molecule has 0 aliphatic heterocycles. The summed E-state index contributed by atoms with van der Waals surface area (Å²) in [5.74, 6) is -3.14. The topological polar surface area (TPSA) is 144 Å². The third kappa shape index (κ3) is 11.8. The Hall–Kier alpha value is -1.71. The summed E-state index contributed by atoms with van der Waals surface area (Å²) in [5.41, 5.74) is 5.38. The highest BCUT2D eigenvalue weighted by Gasteiger charge is 2.14. The Bertz CT molecular complexity index is 334. The predicted molar refractivity (Wildman–Crippen MR) is 74.1 cm³/mol. The minimum absolute atomic E-state index is 0.113. The summed E-state index contributed by atoms with van der Waals surface area (Å²) in [6.07, 6.45) is 1.15. The van der Waals surface area contributed by atoms with Crippen LogP contribution in [0.3, 0.4) is 0 Å². The number of carbonyl (C=O) groups is 3. The molecular formula is C12H23N3O6. The van der Waals surface area contributed by atoms with Gasteiger partial charge in [0.1, 0.15) is 0 Å². The fourth-order valence-corrected chi connectivity index (χ4v) is 1.89. The Balaban J connectivity index is 4.24.